The Morgan fingerprint density at radius 3 is 2.84 bits per heavy atom. The summed E-state index contributed by atoms with van der Waals surface area (Å²) in [7, 11) is -2.88. The van der Waals surface area contributed by atoms with Crippen molar-refractivity contribution in [1.82, 2.24) is 10.3 Å². The van der Waals surface area contributed by atoms with Crippen LogP contribution in [0.1, 0.15) is 12.1 Å². The Balaban J connectivity index is 1.78. The molecule has 0 radical (unpaired) electrons. The van der Waals surface area contributed by atoms with E-state index in [0.717, 1.165) is 0 Å². The lowest BCUT2D eigenvalue weighted by Crippen LogP contribution is -2.31. The van der Waals surface area contributed by atoms with Crippen LogP contribution >= 0.6 is 0 Å². The van der Waals surface area contributed by atoms with Gasteiger partial charge in [0.25, 0.3) is 0 Å². The summed E-state index contributed by atoms with van der Waals surface area (Å²) in [5.41, 5.74) is 6.70. The Kier molecular flexibility index (Phi) is 4.04. The van der Waals surface area contributed by atoms with Gasteiger partial charge in [0, 0.05) is 12.2 Å². The Morgan fingerprint density at radius 1 is 1.47 bits per heavy atom. The summed E-state index contributed by atoms with van der Waals surface area (Å²) < 4.78 is 22.5. The summed E-state index contributed by atoms with van der Waals surface area (Å²) in [6.45, 7) is 0.410. The van der Waals surface area contributed by atoms with Gasteiger partial charge in [-0.25, -0.2) is 8.42 Å². The van der Waals surface area contributed by atoms with E-state index in [1.54, 1.807) is 12.1 Å². The lowest BCUT2D eigenvalue weighted by atomic mass is 10.1. The number of nitrogens with zero attached hydrogens (tertiary/aromatic N) is 1. The average Bonchev–Trinajstić information content (AvgIpc) is 2.69. The first kappa shape index (κ1) is 13.8. The van der Waals surface area contributed by atoms with Crippen LogP contribution in [0.2, 0.25) is 0 Å². The summed E-state index contributed by atoms with van der Waals surface area (Å²) >= 11 is 0. The third kappa shape index (κ3) is 4.20. The van der Waals surface area contributed by atoms with Gasteiger partial charge in [-0.2, -0.15) is 0 Å². The van der Waals surface area contributed by atoms with E-state index in [9.17, 15) is 13.2 Å². The maximum atomic E-state index is 11.7. The van der Waals surface area contributed by atoms with Crippen LogP contribution in [-0.4, -0.2) is 37.4 Å². The fourth-order valence-corrected chi connectivity index (χ4v) is 3.92. The molecule has 1 saturated heterocycles. The molecule has 0 aromatic carbocycles. The fraction of sp³-hybridized carbons (Fsp3) is 0.500. The second kappa shape index (κ2) is 5.56. The van der Waals surface area contributed by atoms with Crippen molar-refractivity contribution in [2.24, 2.45) is 5.92 Å². The van der Waals surface area contributed by atoms with Gasteiger partial charge in [0.2, 0.25) is 5.91 Å². The highest BCUT2D eigenvalue weighted by Gasteiger charge is 2.27. The molecule has 0 spiro atoms. The average molecular weight is 283 g/mol. The molecule has 2 rings (SSSR count). The zero-order valence-corrected chi connectivity index (χ0v) is 11.3. The van der Waals surface area contributed by atoms with Gasteiger partial charge in [-0.3, -0.25) is 9.78 Å². The molecule has 1 atom stereocenters. The number of hydrogen-bond acceptors (Lipinski definition) is 5. The number of carbonyl (C=O) groups excluding carboxylic acids is 1. The standard InChI is InChI=1S/C12H17N3O3S/c13-10-1-2-11(14-7-10)5-12(16)15-6-9-3-4-19(17,18)8-9/h1-2,7,9H,3-6,8,13H2,(H,15,16). The van der Waals surface area contributed by atoms with Crippen LogP contribution in [0.15, 0.2) is 18.3 Å². The molecule has 1 amide bonds. The first-order valence-electron chi connectivity index (χ1n) is 6.12. The maximum absolute atomic E-state index is 11.7. The number of carbonyl (C=O) groups is 1. The van der Waals surface area contributed by atoms with Crippen molar-refractivity contribution < 1.29 is 13.2 Å². The third-order valence-electron chi connectivity index (χ3n) is 3.10. The summed E-state index contributed by atoms with van der Waals surface area (Å²) in [5.74, 6) is 0.287. The highest BCUT2D eigenvalue weighted by atomic mass is 32.2. The number of pyridine rings is 1. The molecule has 104 valence electrons. The highest BCUT2D eigenvalue weighted by Crippen LogP contribution is 2.17. The van der Waals surface area contributed by atoms with Crippen molar-refractivity contribution in [1.29, 1.82) is 0 Å². The normalized spacial score (nSPS) is 21.2. The molecule has 0 aliphatic carbocycles. The summed E-state index contributed by atoms with van der Waals surface area (Å²) in [6, 6.07) is 3.40. The van der Waals surface area contributed by atoms with Gasteiger partial charge < -0.3 is 11.1 Å². The van der Waals surface area contributed by atoms with E-state index in [2.05, 4.69) is 10.3 Å². The molecule has 6 nitrogen and oxygen atoms in total. The molecule has 19 heavy (non-hydrogen) atoms. The van der Waals surface area contributed by atoms with Crippen LogP contribution in [0.25, 0.3) is 0 Å². The number of nitrogens with one attached hydrogen (secondary N) is 1. The van der Waals surface area contributed by atoms with Gasteiger partial charge in [-0.1, -0.05) is 0 Å². The molecule has 1 aliphatic heterocycles. The Labute approximate surface area is 112 Å². The number of hydrogen-bond donors (Lipinski definition) is 2. The monoisotopic (exact) mass is 283 g/mol. The quantitative estimate of drug-likeness (QED) is 0.794. The molecule has 0 bridgehead atoms. The number of amides is 1. The lowest BCUT2D eigenvalue weighted by Gasteiger charge is -2.09. The molecular formula is C12H17N3O3S. The molecule has 0 saturated carbocycles. The van der Waals surface area contributed by atoms with Crippen LogP contribution in [0, 0.1) is 5.92 Å². The van der Waals surface area contributed by atoms with Crippen molar-refractivity contribution >= 4 is 21.4 Å². The van der Waals surface area contributed by atoms with Crippen molar-refractivity contribution in [2.75, 3.05) is 23.8 Å². The van der Waals surface area contributed by atoms with E-state index < -0.39 is 9.84 Å². The van der Waals surface area contributed by atoms with Crippen LogP contribution < -0.4 is 11.1 Å². The second-order valence-electron chi connectivity index (χ2n) is 4.83. The number of rotatable bonds is 4. The van der Waals surface area contributed by atoms with Crippen LogP contribution in [0.4, 0.5) is 5.69 Å². The molecule has 2 heterocycles. The number of nitrogen functional groups attached to an aromatic ring is 1. The first-order valence-corrected chi connectivity index (χ1v) is 7.94. The lowest BCUT2D eigenvalue weighted by molar-refractivity contribution is -0.120. The first-order chi connectivity index (χ1) is 8.94. The summed E-state index contributed by atoms with van der Waals surface area (Å²) in [6.07, 6.45) is 2.31. The van der Waals surface area contributed by atoms with Crippen molar-refractivity contribution in [3.05, 3.63) is 24.0 Å². The van der Waals surface area contributed by atoms with Gasteiger partial charge in [0.15, 0.2) is 9.84 Å². The molecule has 1 fully saturated rings. The van der Waals surface area contributed by atoms with Crippen molar-refractivity contribution in [3.63, 3.8) is 0 Å². The Morgan fingerprint density at radius 2 is 2.26 bits per heavy atom. The van der Waals surface area contributed by atoms with E-state index in [1.165, 1.54) is 6.20 Å². The number of aromatic nitrogens is 1. The second-order valence-corrected chi connectivity index (χ2v) is 7.06. The van der Waals surface area contributed by atoms with E-state index in [1.807, 2.05) is 0 Å². The van der Waals surface area contributed by atoms with Crippen LogP contribution in [-0.2, 0) is 21.1 Å². The minimum absolute atomic E-state index is 0.0355. The number of sulfone groups is 1. The smallest absolute Gasteiger partial charge is 0.226 e. The summed E-state index contributed by atoms with van der Waals surface area (Å²) in [4.78, 5) is 15.7. The van der Waals surface area contributed by atoms with Gasteiger partial charge in [0.05, 0.1) is 29.8 Å². The highest BCUT2D eigenvalue weighted by molar-refractivity contribution is 7.91. The minimum Gasteiger partial charge on any atom is -0.397 e. The van der Waals surface area contributed by atoms with E-state index in [-0.39, 0.29) is 29.8 Å². The molecular weight excluding hydrogens is 266 g/mol. The zero-order chi connectivity index (χ0) is 13.9. The van der Waals surface area contributed by atoms with E-state index in [0.29, 0.717) is 24.3 Å². The Hall–Kier alpha value is -1.63. The maximum Gasteiger partial charge on any atom is 0.226 e. The molecule has 1 aliphatic rings. The molecule has 7 heteroatoms. The molecule has 1 aromatic rings. The molecule has 1 unspecified atom stereocenters. The van der Waals surface area contributed by atoms with Gasteiger partial charge in [-0.15, -0.1) is 0 Å². The summed E-state index contributed by atoms with van der Waals surface area (Å²) in [5, 5.41) is 2.75. The number of nitrogens with two attached hydrogens (primary N) is 1. The largest absolute Gasteiger partial charge is 0.397 e. The fourth-order valence-electron chi connectivity index (χ4n) is 2.06. The van der Waals surface area contributed by atoms with Crippen LogP contribution in [0.5, 0.6) is 0 Å². The van der Waals surface area contributed by atoms with Gasteiger partial charge >= 0.3 is 0 Å². The third-order valence-corrected chi connectivity index (χ3v) is 4.94. The zero-order valence-electron chi connectivity index (χ0n) is 10.5. The predicted octanol–water partition coefficient (Wildman–Crippen LogP) is -0.243. The van der Waals surface area contributed by atoms with E-state index in [4.69, 9.17) is 5.73 Å². The van der Waals surface area contributed by atoms with Crippen molar-refractivity contribution in [3.8, 4) is 0 Å². The topological polar surface area (TPSA) is 102 Å². The van der Waals surface area contributed by atoms with E-state index >= 15 is 0 Å². The Bertz CT molecular complexity index is 554. The van der Waals surface area contributed by atoms with Gasteiger partial charge in [0.1, 0.15) is 0 Å². The SMILES string of the molecule is Nc1ccc(CC(=O)NCC2CCS(=O)(=O)C2)nc1. The molecule has 3 N–H and O–H groups in total. The predicted molar refractivity (Wildman–Crippen MR) is 72.1 cm³/mol. The molecule has 1 aromatic heterocycles. The van der Waals surface area contributed by atoms with Gasteiger partial charge in [-0.05, 0) is 24.5 Å². The van der Waals surface area contributed by atoms with Crippen molar-refractivity contribution in [2.45, 2.75) is 12.8 Å². The van der Waals surface area contributed by atoms with Crippen LogP contribution in [0.3, 0.4) is 0 Å². The number of anilines is 1. The minimum atomic E-state index is -2.88.